The van der Waals surface area contributed by atoms with Crippen molar-refractivity contribution in [2.24, 2.45) is 5.92 Å². The number of nitrogens with one attached hydrogen (secondary N) is 3. The van der Waals surface area contributed by atoms with E-state index < -0.39 is 0 Å². The molecule has 0 aromatic heterocycles. The summed E-state index contributed by atoms with van der Waals surface area (Å²) in [5.41, 5.74) is 0.561. The fourth-order valence-corrected chi connectivity index (χ4v) is 1.78. The average Bonchev–Trinajstić information content (AvgIpc) is 2.51. The van der Waals surface area contributed by atoms with Gasteiger partial charge in [-0.2, -0.15) is 0 Å². The summed E-state index contributed by atoms with van der Waals surface area (Å²) in [5.74, 6) is 0.419. The summed E-state index contributed by atoms with van der Waals surface area (Å²) in [6, 6.07) is 6.86. The van der Waals surface area contributed by atoms with Crippen molar-refractivity contribution in [2.45, 2.75) is 6.92 Å². The summed E-state index contributed by atoms with van der Waals surface area (Å²) in [4.78, 5) is 23.5. The van der Waals surface area contributed by atoms with Gasteiger partial charge in [0.05, 0.1) is 7.11 Å². The second kappa shape index (κ2) is 10.9. The Kier molecular flexibility index (Phi) is 9.98. The third-order valence-electron chi connectivity index (χ3n) is 3.02. The standard InChI is InChI=1S/C15H23N3O3.ClH/c1-11(10-16-2)14(19)17-8-9-18-15(20)12-4-6-13(21-3)7-5-12;/h4-7,11,16H,8-10H2,1-3H3,(H,17,19)(H,18,20);1H. The Morgan fingerprint density at radius 2 is 1.73 bits per heavy atom. The van der Waals surface area contributed by atoms with E-state index in [4.69, 9.17) is 4.74 Å². The monoisotopic (exact) mass is 329 g/mol. The molecule has 0 fully saturated rings. The highest BCUT2D eigenvalue weighted by molar-refractivity contribution is 5.94. The predicted octanol–water partition coefficient (Wildman–Crippen LogP) is 0.818. The first-order chi connectivity index (χ1) is 10.1. The Morgan fingerprint density at radius 1 is 1.14 bits per heavy atom. The van der Waals surface area contributed by atoms with E-state index in [0.29, 0.717) is 30.9 Å². The van der Waals surface area contributed by atoms with Crippen molar-refractivity contribution in [3.05, 3.63) is 29.8 Å². The third-order valence-corrected chi connectivity index (χ3v) is 3.02. The SMILES string of the molecule is CNCC(C)C(=O)NCCNC(=O)c1ccc(OC)cc1.Cl. The quantitative estimate of drug-likeness (QED) is 0.617. The predicted molar refractivity (Wildman–Crippen MR) is 88.7 cm³/mol. The van der Waals surface area contributed by atoms with E-state index in [1.807, 2.05) is 6.92 Å². The van der Waals surface area contributed by atoms with Gasteiger partial charge in [-0.1, -0.05) is 6.92 Å². The Balaban J connectivity index is 0.00000441. The lowest BCUT2D eigenvalue weighted by Gasteiger charge is -2.12. The Morgan fingerprint density at radius 3 is 2.27 bits per heavy atom. The van der Waals surface area contributed by atoms with Crippen molar-refractivity contribution in [3.8, 4) is 5.75 Å². The van der Waals surface area contributed by atoms with Gasteiger partial charge in [0.1, 0.15) is 5.75 Å². The molecule has 1 unspecified atom stereocenters. The molecular weight excluding hydrogens is 306 g/mol. The van der Waals surface area contributed by atoms with Crippen LogP contribution in [0.15, 0.2) is 24.3 Å². The largest absolute Gasteiger partial charge is 0.497 e. The van der Waals surface area contributed by atoms with E-state index in [2.05, 4.69) is 16.0 Å². The van der Waals surface area contributed by atoms with Crippen LogP contribution < -0.4 is 20.7 Å². The maximum Gasteiger partial charge on any atom is 0.251 e. The molecule has 2 amide bonds. The molecule has 0 bridgehead atoms. The van der Waals surface area contributed by atoms with E-state index in [9.17, 15) is 9.59 Å². The number of methoxy groups -OCH3 is 1. The van der Waals surface area contributed by atoms with Crippen molar-refractivity contribution in [1.29, 1.82) is 0 Å². The molecular formula is C15H24ClN3O3. The lowest BCUT2D eigenvalue weighted by atomic mass is 10.1. The summed E-state index contributed by atoms with van der Waals surface area (Å²) < 4.78 is 5.03. The van der Waals surface area contributed by atoms with Crippen LogP contribution in [0.3, 0.4) is 0 Å². The second-order valence-electron chi connectivity index (χ2n) is 4.73. The van der Waals surface area contributed by atoms with Crippen LogP contribution in [0.4, 0.5) is 0 Å². The maximum atomic E-state index is 11.9. The van der Waals surface area contributed by atoms with Gasteiger partial charge in [0.15, 0.2) is 0 Å². The minimum Gasteiger partial charge on any atom is -0.497 e. The van der Waals surface area contributed by atoms with Gasteiger partial charge in [0.2, 0.25) is 5.91 Å². The van der Waals surface area contributed by atoms with Crippen molar-refractivity contribution >= 4 is 24.2 Å². The van der Waals surface area contributed by atoms with Crippen LogP contribution in [0.2, 0.25) is 0 Å². The van der Waals surface area contributed by atoms with Gasteiger partial charge in [-0.3, -0.25) is 9.59 Å². The highest BCUT2D eigenvalue weighted by Crippen LogP contribution is 2.10. The molecule has 0 spiro atoms. The lowest BCUT2D eigenvalue weighted by Crippen LogP contribution is -2.39. The first kappa shape index (κ1) is 20.2. The summed E-state index contributed by atoms with van der Waals surface area (Å²) >= 11 is 0. The van der Waals surface area contributed by atoms with Gasteiger partial charge in [0, 0.05) is 31.1 Å². The molecule has 0 saturated carbocycles. The van der Waals surface area contributed by atoms with Gasteiger partial charge >= 0.3 is 0 Å². The molecule has 6 nitrogen and oxygen atoms in total. The molecule has 0 saturated heterocycles. The van der Waals surface area contributed by atoms with E-state index in [1.54, 1.807) is 38.4 Å². The third kappa shape index (κ3) is 6.78. The number of ether oxygens (including phenoxy) is 1. The molecule has 1 aromatic rings. The van der Waals surface area contributed by atoms with Crippen LogP contribution in [0.5, 0.6) is 5.75 Å². The number of hydrogen-bond donors (Lipinski definition) is 3. The highest BCUT2D eigenvalue weighted by Gasteiger charge is 2.11. The zero-order valence-corrected chi connectivity index (χ0v) is 14.0. The van der Waals surface area contributed by atoms with Crippen LogP contribution in [-0.4, -0.2) is 45.6 Å². The number of rotatable bonds is 8. The lowest BCUT2D eigenvalue weighted by molar-refractivity contribution is -0.124. The molecule has 7 heteroatoms. The number of carbonyl (C=O) groups excluding carboxylic acids is 2. The minimum absolute atomic E-state index is 0. The van der Waals surface area contributed by atoms with Crippen molar-refractivity contribution in [1.82, 2.24) is 16.0 Å². The topological polar surface area (TPSA) is 79.5 Å². The van der Waals surface area contributed by atoms with E-state index in [-0.39, 0.29) is 30.1 Å². The zero-order valence-electron chi connectivity index (χ0n) is 13.1. The van der Waals surface area contributed by atoms with Crippen molar-refractivity contribution in [3.63, 3.8) is 0 Å². The van der Waals surface area contributed by atoms with Crippen LogP contribution in [0, 0.1) is 5.92 Å². The van der Waals surface area contributed by atoms with Crippen molar-refractivity contribution < 1.29 is 14.3 Å². The normalized spacial score (nSPS) is 11.0. The Hall–Kier alpha value is -1.79. The molecule has 0 radical (unpaired) electrons. The first-order valence-electron chi connectivity index (χ1n) is 6.93. The molecule has 1 aromatic carbocycles. The van der Waals surface area contributed by atoms with Crippen LogP contribution in [0.1, 0.15) is 17.3 Å². The summed E-state index contributed by atoms with van der Waals surface area (Å²) in [6.45, 7) is 3.28. The van der Waals surface area contributed by atoms with Crippen LogP contribution in [-0.2, 0) is 4.79 Å². The van der Waals surface area contributed by atoms with Crippen LogP contribution >= 0.6 is 12.4 Å². The summed E-state index contributed by atoms with van der Waals surface area (Å²) in [6.07, 6.45) is 0. The number of halogens is 1. The maximum absolute atomic E-state index is 11.9. The number of carbonyl (C=O) groups is 2. The van der Waals surface area contributed by atoms with Gasteiger partial charge < -0.3 is 20.7 Å². The van der Waals surface area contributed by atoms with Crippen LogP contribution in [0.25, 0.3) is 0 Å². The van der Waals surface area contributed by atoms with E-state index in [1.165, 1.54) is 0 Å². The summed E-state index contributed by atoms with van der Waals surface area (Å²) in [5, 5.41) is 8.48. The Labute approximate surface area is 137 Å². The summed E-state index contributed by atoms with van der Waals surface area (Å²) in [7, 11) is 3.38. The molecule has 1 atom stereocenters. The van der Waals surface area contributed by atoms with Gasteiger partial charge in [-0.25, -0.2) is 0 Å². The van der Waals surface area contributed by atoms with Gasteiger partial charge in [0.25, 0.3) is 5.91 Å². The number of amides is 2. The molecule has 0 aliphatic carbocycles. The van der Waals surface area contributed by atoms with Gasteiger partial charge in [-0.15, -0.1) is 12.4 Å². The minimum atomic E-state index is -0.171. The molecule has 1 rings (SSSR count). The fraction of sp³-hybridized carbons (Fsp3) is 0.467. The molecule has 22 heavy (non-hydrogen) atoms. The van der Waals surface area contributed by atoms with Gasteiger partial charge in [-0.05, 0) is 31.3 Å². The van der Waals surface area contributed by atoms with E-state index >= 15 is 0 Å². The number of hydrogen-bond acceptors (Lipinski definition) is 4. The Bertz CT molecular complexity index is 466. The highest BCUT2D eigenvalue weighted by atomic mass is 35.5. The average molecular weight is 330 g/mol. The van der Waals surface area contributed by atoms with E-state index in [0.717, 1.165) is 0 Å². The molecule has 3 N–H and O–H groups in total. The number of benzene rings is 1. The molecule has 0 heterocycles. The zero-order chi connectivity index (χ0) is 15.7. The molecule has 0 aliphatic heterocycles. The smallest absolute Gasteiger partial charge is 0.251 e. The first-order valence-corrected chi connectivity index (χ1v) is 6.93. The second-order valence-corrected chi connectivity index (χ2v) is 4.73. The molecule has 124 valence electrons. The van der Waals surface area contributed by atoms with Crippen molar-refractivity contribution in [2.75, 3.05) is 33.8 Å². The fourth-order valence-electron chi connectivity index (χ4n) is 1.78. The molecule has 0 aliphatic rings.